The number of benzene rings is 2. The van der Waals surface area contributed by atoms with Crippen molar-refractivity contribution < 1.29 is 24.2 Å². The Labute approximate surface area is 274 Å². The van der Waals surface area contributed by atoms with Gasteiger partial charge in [-0.25, -0.2) is 14.5 Å². The molecule has 0 aliphatic carbocycles. The fourth-order valence-corrected chi connectivity index (χ4v) is 6.91. The number of likely N-dealkylation sites (tertiary alicyclic amines) is 1. The molecule has 1 fully saturated rings. The number of nitrogens with one attached hydrogen (secondary N) is 2. The van der Waals surface area contributed by atoms with Gasteiger partial charge in [0.2, 0.25) is 0 Å². The Bertz CT molecular complexity index is 1820. The van der Waals surface area contributed by atoms with E-state index in [2.05, 4.69) is 35.1 Å². The zero-order chi connectivity index (χ0) is 33.1. The van der Waals surface area contributed by atoms with E-state index in [1.54, 1.807) is 4.90 Å². The van der Waals surface area contributed by atoms with Crippen LogP contribution in [0.3, 0.4) is 0 Å². The van der Waals surface area contributed by atoms with E-state index in [-0.39, 0.29) is 24.0 Å². The van der Waals surface area contributed by atoms with Gasteiger partial charge in [0.25, 0.3) is 11.5 Å². The van der Waals surface area contributed by atoms with Crippen LogP contribution in [0.2, 0.25) is 25.7 Å². The predicted octanol–water partition coefficient (Wildman–Crippen LogP) is 4.68. The number of hydroxylamine groups is 1. The Hall–Kier alpha value is -4.04. The van der Waals surface area contributed by atoms with Gasteiger partial charge >= 0.3 is 6.09 Å². The van der Waals surface area contributed by atoms with E-state index in [4.69, 9.17) is 19.4 Å². The standard InChI is InChI=1S/C34H44N6O6Si/c1-22-15-23(16-26-19-40(37-31(22)26)21-44-13-14-47(2,3)4)17-29(33-36-30(20-41)38-46-33)45-34(43)39-11-9-24(10-12-39)27-18-25-7-5-6-8-28(25)35-32(27)42/h5-8,15-16,18-19,24,29-30,38,41H,9-14,17,20-21H2,1-4H3,(H,35,42)/t29-,30?/m1/s1. The van der Waals surface area contributed by atoms with Crippen molar-refractivity contribution >= 4 is 41.9 Å². The van der Waals surface area contributed by atoms with Crippen LogP contribution in [-0.2, 0) is 27.5 Å². The molecule has 1 unspecified atom stereocenters. The van der Waals surface area contributed by atoms with E-state index in [1.807, 2.05) is 60.3 Å². The van der Waals surface area contributed by atoms with Gasteiger partial charge in [0.1, 0.15) is 6.73 Å². The van der Waals surface area contributed by atoms with E-state index >= 15 is 0 Å². The minimum absolute atomic E-state index is 0.0432. The normalized spacial score (nSPS) is 18.0. The molecule has 47 heavy (non-hydrogen) atoms. The van der Waals surface area contributed by atoms with Crippen molar-refractivity contribution in [2.24, 2.45) is 4.99 Å². The van der Waals surface area contributed by atoms with Crippen LogP contribution in [0.4, 0.5) is 4.79 Å². The van der Waals surface area contributed by atoms with Crippen molar-refractivity contribution in [2.75, 3.05) is 26.3 Å². The highest BCUT2D eigenvalue weighted by molar-refractivity contribution is 6.76. The highest BCUT2D eigenvalue weighted by Crippen LogP contribution is 2.28. The predicted molar refractivity (Wildman–Crippen MR) is 183 cm³/mol. The van der Waals surface area contributed by atoms with Crippen LogP contribution >= 0.6 is 0 Å². The Morgan fingerprint density at radius 3 is 2.68 bits per heavy atom. The van der Waals surface area contributed by atoms with Gasteiger partial charge in [-0.2, -0.15) is 5.10 Å². The van der Waals surface area contributed by atoms with Crippen LogP contribution < -0.4 is 11.0 Å². The Kier molecular flexibility index (Phi) is 9.78. The Balaban J connectivity index is 1.13. The number of aromatic amines is 1. The highest BCUT2D eigenvalue weighted by Gasteiger charge is 2.33. The second-order valence-corrected chi connectivity index (χ2v) is 19.4. The lowest BCUT2D eigenvalue weighted by Gasteiger charge is -2.32. The number of rotatable bonds is 11. The van der Waals surface area contributed by atoms with Crippen LogP contribution in [0.15, 0.2) is 58.4 Å². The maximum absolute atomic E-state index is 13.5. The van der Waals surface area contributed by atoms with E-state index in [9.17, 15) is 14.7 Å². The first kappa shape index (κ1) is 32.9. The summed E-state index contributed by atoms with van der Waals surface area (Å²) in [5.41, 5.74) is 6.97. The summed E-state index contributed by atoms with van der Waals surface area (Å²) in [4.78, 5) is 41.0. The number of aliphatic imine (C=N–C) groups is 1. The van der Waals surface area contributed by atoms with Crippen molar-refractivity contribution in [3.8, 4) is 0 Å². The molecule has 1 saturated heterocycles. The summed E-state index contributed by atoms with van der Waals surface area (Å²) < 4.78 is 13.8. The molecule has 4 heterocycles. The molecular formula is C34H44N6O6Si. The van der Waals surface area contributed by atoms with Gasteiger partial charge in [-0.05, 0) is 66.4 Å². The lowest BCUT2D eigenvalue weighted by Crippen LogP contribution is -2.42. The van der Waals surface area contributed by atoms with Gasteiger partial charge in [0.05, 0.1) is 12.1 Å². The summed E-state index contributed by atoms with van der Waals surface area (Å²) in [6, 6.07) is 14.9. The molecule has 6 rings (SSSR count). The van der Waals surface area contributed by atoms with Crippen LogP contribution in [0.1, 0.15) is 35.4 Å². The maximum Gasteiger partial charge on any atom is 0.410 e. The third-order valence-electron chi connectivity index (χ3n) is 8.80. The lowest BCUT2D eigenvalue weighted by molar-refractivity contribution is 0.0622. The average Bonchev–Trinajstić information content (AvgIpc) is 3.70. The second-order valence-electron chi connectivity index (χ2n) is 13.7. The van der Waals surface area contributed by atoms with Crippen molar-refractivity contribution in [1.29, 1.82) is 0 Å². The molecule has 0 spiro atoms. The number of hydrogen-bond acceptors (Lipinski definition) is 9. The second kappa shape index (κ2) is 14.0. The van der Waals surface area contributed by atoms with Crippen molar-refractivity contribution in [2.45, 2.75) is 76.8 Å². The number of nitrogens with zero attached hydrogens (tertiary/aromatic N) is 4. The molecule has 13 heteroatoms. The molecule has 2 aliphatic heterocycles. The summed E-state index contributed by atoms with van der Waals surface area (Å²) in [6.07, 6.45) is 1.67. The molecule has 0 saturated carbocycles. The third-order valence-corrected chi connectivity index (χ3v) is 10.5. The quantitative estimate of drug-likeness (QED) is 0.156. The minimum Gasteiger partial charge on any atom is -0.436 e. The Morgan fingerprint density at radius 1 is 1.15 bits per heavy atom. The number of aliphatic hydroxyl groups excluding tert-OH is 1. The molecule has 0 radical (unpaired) electrons. The number of carbonyl (C=O) groups is 1. The van der Waals surface area contributed by atoms with Crippen LogP contribution in [-0.4, -0.2) is 83.4 Å². The minimum atomic E-state index is -1.17. The average molecular weight is 661 g/mol. The number of pyridine rings is 1. The van der Waals surface area contributed by atoms with E-state index in [0.29, 0.717) is 45.7 Å². The first-order valence-electron chi connectivity index (χ1n) is 16.3. The van der Waals surface area contributed by atoms with E-state index < -0.39 is 26.4 Å². The molecule has 2 aromatic carbocycles. The number of hydrogen-bond donors (Lipinski definition) is 3. The zero-order valence-corrected chi connectivity index (χ0v) is 28.5. The van der Waals surface area contributed by atoms with Gasteiger partial charge in [-0.15, -0.1) is 5.48 Å². The van der Waals surface area contributed by atoms with E-state index in [1.165, 1.54) is 0 Å². The van der Waals surface area contributed by atoms with Gasteiger partial charge in [0, 0.05) is 56.9 Å². The Morgan fingerprint density at radius 2 is 1.94 bits per heavy atom. The van der Waals surface area contributed by atoms with Crippen LogP contribution in [0.25, 0.3) is 21.8 Å². The summed E-state index contributed by atoms with van der Waals surface area (Å²) in [6.45, 7) is 10.8. The van der Waals surface area contributed by atoms with Gasteiger partial charge in [-0.3, -0.25) is 4.79 Å². The first-order chi connectivity index (χ1) is 22.6. The number of aromatic nitrogens is 3. The number of aliphatic hydroxyl groups is 1. The van der Waals surface area contributed by atoms with Gasteiger partial charge < -0.3 is 29.3 Å². The van der Waals surface area contributed by atoms with E-state index in [0.717, 1.165) is 44.5 Å². The SMILES string of the molecule is Cc1cc(C[C@@H](OC(=O)N2CCC(c3cc4ccccc4[nH]c3=O)CC2)C2=NC(CO)NO2)cc2cn(COCC[Si](C)(C)C)nc12. The lowest BCUT2D eigenvalue weighted by atomic mass is 9.89. The summed E-state index contributed by atoms with van der Waals surface area (Å²) in [5, 5.41) is 16.3. The molecular weight excluding hydrogens is 616 g/mol. The number of fused-ring (bicyclic) bond motifs is 2. The number of para-hydroxylation sites is 1. The highest BCUT2D eigenvalue weighted by atomic mass is 28.3. The molecule has 0 bridgehead atoms. The molecule has 3 N–H and O–H groups in total. The molecule has 4 aromatic rings. The van der Waals surface area contributed by atoms with Crippen molar-refractivity contribution in [1.82, 2.24) is 25.1 Å². The molecule has 1 amide bonds. The molecule has 250 valence electrons. The fraction of sp³-hybridized carbons (Fsp3) is 0.471. The van der Waals surface area contributed by atoms with Crippen molar-refractivity contribution in [3.63, 3.8) is 0 Å². The number of ether oxygens (including phenoxy) is 2. The smallest absolute Gasteiger partial charge is 0.410 e. The topological polar surface area (TPSA) is 143 Å². The number of H-pyrrole nitrogens is 1. The number of aryl methyl sites for hydroxylation is 1. The summed E-state index contributed by atoms with van der Waals surface area (Å²) >= 11 is 0. The maximum atomic E-state index is 13.5. The molecule has 12 nitrogen and oxygen atoms in total. The van der Waals surface area contributed by atoms with Crippen molar-refractivity contribution in [3.05, 3.63) is 75.7 Å². The van der Waals surface area contributed by atoms with Crippen LogP contribution in [0.5, 0.6) is 0 Å². The third kappa shape index (κ3) is 7.92. The number of piperidine rings is 1. The molecule has 2 aliphatic rings. The number of amides is 1. The summed E-state index contributed by atoms with van der Waals surface area (Å²) in [7, 11) is -1.17. The molecule has 2 aromatic heterocycles. The van der Waals surface area contributed by atoms with Gasteiger partial charge in [-0.1, -0.05) is 43.9 Å². The fourth-order valence-electron chi connectivity index (χ4n) is 6.15. The first-order valence-corrected chi connectivity index (χ1v) is 20.0. The van der Waals surface area contributed by atoms with Gasteiger partial charge in [0.15, 0.2) is 12.3 Å². The zero-order valence-electron chi connectivity index (χ0n) is 27.5. The summed E-state index contributed by atoms with van der Waals surface area (Å²) in [5.74, 6) is 0.251. The largest absolute Gasteiger partial charge is 0.436 e. The number of carbonyl (C=O) groups excluding carboxylic acids is 1. The van der Waals surface area contributed by atoms with Crippen LogP contribution in [0, 0.1) is 6.92 Å². The molecule has 2 atom stereocenters. The monoisotopic (exact) mass is 660 g/mol.